The van der Waals surface area contributed by atoms with Crippen molar-refractivity contribution in [1.29, 1.82) is 5.41 Å². The molecular weight excluding hydrogens is 244 g/mol. The largest absolute Gasteiger partial charge is 0.387 e. The second-order valence-electron chi connectivity index (χ2n) is 4.40. The van der Waals surface area contributed by atoms with Gasteiger partial charge in [0.25, 0.3) is 0 Å². The molecule has 3 N–H and O–H groups in total. The third kappa shape index (κ3) is 2.46. The molecule has 0 aliphatic rings. The molecule has 0 aliphatic carbocycles. The normalized spacial score (nSPS) is 12.6. The van der Waals surface area contributed by atoms with Gasteiger partial charge in [-0.2, -0.15) is 4.37 Å². The fourth-order valence-corrected chi connectivity index (χ4v) is 2.82. The molecule has 1 unspecified atom stereocenters. The highest BCUT2D eigenvalue weighted by Gasteiger charge is 2.16. The van der Waals surface area contributed by atoms with E-state index in [1.165, 1.54) is 21.9 Å². The summed E-state index contributed by atoms with van der Waals surface area (Å²) in [6.07, 6.45) is 0. The number of aromatic nitrogens is 1. The van der Waals surface area contributed by atoms with E-state index in [0.717, 1.165) is 18.6 Å². The Morgan fingerprint density at radius 1 is 1.50 bits per heavy atom. The topological polar surface area (TPSA) is 66.0 Å². The summed E-state index contributed by atoms with van der Waals surface area (Å²) in [5, 5.41) is 9.84. The number of rotatable bonds is 5. The summed E-state index contributed by atoms with van der Waals surface area (Å²) >= 11 is 1.51. The number of benzene rings is 1. The SMILES string of the molecule is CCN(CC(C)C(=N)N)c1snc2ccccc12. The maximum Gasteiger partial charge on any atom is 0.119 e. The average Bonchev–Trinajstić information content (AvgIpc) is 2.79. The molecule has 1 atom stereocenters. The van der Waals surface area contributed by atoms with Crippen LogP contribution in [-0.2, 0) is 0 Å². The van der Waals surface area contributed by atoms with Gasteiger partial charge in [0, 0.05) is 24.4 Å². The smallest absolute Gasteiger partial charge is 0.119 e. The molecule has 0 amide bonds. The Morgan fingerprint density at radius 2 is 2.22 bits per heavy atom. The van der Waals surface area contributed by atoms with E-state index in [0.29, 0.717) is 0 Å². The Balaban J connectivity index is 2.30. The van der Waals surface area contributed by atoms with Crippen molar-refractivity contribution in [2.75, 3.05) is 18.0 Å². The van der Waals surface area contributed by atoms with Gasteiger partial charge in [0.15, 0.2) is 0 Å². The van der Waals surface area contributed by atoms with E-state index in [-0.39, 0.29) is 11.8 Å². The first-order valence-electron chi connectivity index (χ1n) is 6.06. The minimum Gasteiger partial charge on any atom is -0.387 e. The standard InChI is InChI=1S/C13H18N4S/c1-3-17(8-9(2)12(14)15)13-10-6-4-5-7-11(10)16-18-13/h4-7,9H,3,8H2,1-2H3,(H3,14,15). The van der Waals surface area contributed by atoms with E-state index in [1.807, 2.05) is 25.1 Å². The summed E-state index contributed by atoms with van der Waals surface area (Å²) in [6, 6.07) is 8.15. The average molecular weight is 262 g/mol. The molecule has 1 heterocycles. The molecule has 2 aromatic rings. The van der Waals surface area contributed by atoms with Crippen LogP contribution in [0.3, 0.4) is 0 Å². The fraction of sp³-hybridized carbons (Fsp3) is 0.385. The van der Waals surface area contributed by atoms with E-state index in [9.17, 15) is 0 Å². The van der Waals surface area contributed by atoms with Crippen LogP contribution in [0.2, 0.25) is 0 Å². The Morgan fingerprint density at radius 3 is 2.89 bits per heavy atom. The first-order valence-corrected chi connectivity index (χ1v) is 6.84. The lowest BCUT2D eigenvalue weighted by molar-refractivity contribution is 0.703. The Kier molecular flexibility index (Phi) is 3.81. The molecule has 0 fully saturated rings. The highest BCUT2D eigenvalue weighted by atomic mass is 32.1. The molecule has 2 rings (SSSR count). The minimum absolute atomic E-state index is 0.0609. The summed E-state index contributed by atoms with van der Waals surface area (Å²) in [5.41, 5.74) is 6.58. The molecule has 1 aromatic heterocycles. The van der Waals surface area contributed by atoms with Gasteiger partial charge in [0.05, 0.1) is 11.4 Å². The molecule has 0 aliphatic heterocycles. The predicted octanol–water partition coefficient (Wildman–Crippen LogP) is 2.69. The van der Waals surface area contributed by atoms with Gasteiger partial charge in [-0.3, -0.25) is 5.41 Å². The molecule has 0 spiro atoms. The predicted molar refractivity (Wildman–Crippen MR) is 78.6 cm³/mol. The van der Waals surface area contributed by atoms with Crippen LogP contribution in [0.15, 0.2) is 24.3 Å². The third-order valence-corrected chi connectivity index (χ3v) is 4.00. The van der Waals surface area contributed by atoms with Gasteiger partial charge >= 0.3 is 0 Å². The molecule has 4 nitrogen and oxygen atoms in total. The van der Waals surface area contributed by atoms with Gasteiger partial charge in [0.2, 0.25) is 0 Å². The summed E-state index contributed by atoms with van der Waals surface area (Å²) in [5.74, 6) is 0.299. The monoisotopic (exact) mass is 262 g/mol. The first-order chi connectivity index (χ1) is 8.63. The van der Waals surface area contributed by atoms with Crippen molar-refractivity contribution in [2.24, 2.45) is 11.7 Å². The van der Waals surface area contributed by atoms with Crippen molar-refractivity contribution in [1.82, 2.24) is 4.37 Å². The van der Waals surface area contributed by atoms with E-state index >= 15 is 0 Å². The minimum atomic E-state index is 0.0609. The molecule has 0 saturated carbocycles. The Hall–Kier alpha value is -1.62. The summed E-state index contributed by atoms with van der Waals surface area (Å²) in [4.78, 5) is 2.24. The van der Waals surface area contributed by atoms with Crippen LogP contribution in [-0.4, -0.2) is 23.3 Å². The van der Waals surface area contributed by atoms with Crippen LogP contribution >= 0.6 is 11.5 Å². The maximum absolute atomic E-state index is 7.50. The fourth-order valence-electron chi connectivity index (χ4n) is 1.89. The summed E-state index contributed by atoms with van der Waals surface area (Å²) in [6.45, 7) is 5.75. The van der Waals surface area contributed by atoms with Crippen molar-refractivity contribution in [2.45, 2.75) is 13.8 Å². The molecule has 5 heteroatoms. The lowest BCUT2D eigenvalue weighted by Crippen LogP contribution is -2.34. The van der Waals surface area contributed by atoms with Crippen LogP contribution in [0.1, 0.15) is 13.8 Å². The second kappa shape index (κ2) is 5.35. The molecule has 0 bridgehead atoms. The number of amidine groups is 1. The number of nitrogens with zero attached hydrogens (tertiary/aromatic N) is 2. The summed E-state index contributed by atoms with van der Waals surface area (Å²) in [7, 11) is 0. The Bertz CT molecular complexity index is 549. The maximum atomic E-state index is 7.50. The molecule has 18 heavy (non-hydrogen) atoms. The number of anilines is 1. The number of nitrogens with two attached hydrogens (primary N) is 1. The molecular formula is C13H18N4S. The molecule has 0 saturated heterocycles. The highest BCUT2D eigenvalue weighted by Crippen LogP contribution is 2.31. The van der Waals surface area contributed by atoms with Crippen LogP contribution in [0.25, 0.3) is 10.9 Å². The van der Waals surface area contributed by atoms with Crippen LogP contribution in [0.5, 0.6) is 0 Å². The van der Waals surface area contributed by atoms with Crippen LogP contribution in [0.4, 0.5) is 5.00 Å². The lowest BCUT2D eigenvalue weighted by Gasteiger charge is -2.24. The van der Waals surface area contributed by atoms with E-state index in [4.69, 9.17) is 11.1 Å². The van der Waals surface area contributed by atoms with Crippen molar-refractivity contribution in [3.05, 3.63) is 24.3 Å². The quantitative estimate of drug-likeness (QED) is 0.643. The van der Waals surface area contributed by atoms with Gasteiger partial charge in [-0.05, 0) is 30.6 Å². The van der Waals surface area contributed by atoms with Crippen LogP contribution in [0, 0.1) is 11.3 Å². The van der Waals surface area contributed by atoms with Gasteiger partial charge < -0.3 is 10.6 Å². The van der Waals surface area contributed by atoms with Gasteiger partial charge in [-0.15, -0.1) is 0 Å². The lowest BCUT2D eigenvalue weighted by atomic mass is 10.1. The Labute approximate surface area is 111 Å². The zero-order valence-electron chi connectivity index (χ0n) is 10.7. The number of hydrogen-bond donors (Lipinski definition) is 2. The highest BCUT2D eigenvalue weighted by molar-refractivity contribution is 7.11. The molecule has 0 radical (unpaired) electrons. The molecule has 96 valence electrons. The number of hydrogen-bond acceptors (Lipinski definition) is 4. The zero-order chi connectivity index (χ0) is 13.1. The van der Waals surface area contributed by atoms with Gasteiger partial charge in [-0.1, -0.05) is 19.1 Å². The zero-order valence-corrected chi connectivity index (χ0v) is 11.5. The number of nitrogens with one attached hydrogen (secondary N) is 1. The molecule has 1 aromatic carbocycles. The van der Waals surface area contributed by atoms with Gasteiger partial charge in [0.1, 0.15) is 5.00 Å². The number of fused-ring (bicyclic) bond motifs is 1. The van der Waals surface area contributed by atoms with E-state index < -0.39 is 0 Å². The van der Waals surface area contributed by atoms with Crippen molar-refractivity contribution < 1.29 is 0 Å². The van der Waals surface area contributed by atoms with Crippen LogP contribution < -0.4 is 10.6 Å². The van der Waals surface area contributed by atoms with Crippen molar-refractivity contribution >= 4 is 33.3 Å². The van der Waals surface area contributed by atoms with Gasteiger partial charge in [-0.25, -0.2) is 0 Å². The van der Waals surface area contributed by atoms with Crippen molar-refractivity contribution in [3.8, 4) is 0 Å². The van der Waals surface area contributed by atoms with Crippen molar-refractivity contribution in [3.63, 3.8) is 0 Å². The first kappa shape index (κ1) is 12.8. The summed E-state index contributed by atoms with van der Waals surface area (Å²) < 4.78 is 4.45. The van der Waals surface area contributed by atoms with E-state index in [1.54, 1.807) is 0 Å². The second-order valence-corrected chi connectivity index (χ2v) is 5.15. The van der Waals surface area contributed by atoms with E-state index in [2.05, 4.69) is 22.3 Å². The third-order valence-electron chi connectivity index (χ3n) is 3.06.